The Hall–Kier alpha value is 0.440. The van der Waals surface area contributed by atoms with Crippen molar-refractivity contribution in [3.63, 3.8) is 0 Å². The Morgan fingerprint density at radius 3 is 1.18 bits per heavy atom. The third kappa shape index (κ3) is 23.7. The molecule has 21 nitrogen and oxygen atoms in total. The third-order valence-corrected chi connectivity index (χ3v) is 7.98. The summed E-state index contributed by atoms with van der Waals surface area (Å²) in [5.74, 6) is -1.12. The van der Waals surface area contributed by atoms with Gasteiger partial charge in [-0.25, -0.2) is 22.8 Å². The Kier molecular flexibility index (Phi) is 19.1. The first-order valence-electron chi connectivity index (χ1n) is 10.3. The van der Waals surface area contributed by atoms with E-state index in [1.807, 2.05) is 0 Å². The fourth-order valence-electron chi connectivity index (χ4n) is 1.91. The zero-order valence-electron chi connectivity index (χ0n) is 20.2. The van der Waals surface area contributed by atoms with Gasteiger partial charge in [-0.1, -0.05) is 0 Å². The maximum absolute atomic E-state index is 12.3. The van der Waals surface area contributed by atoms with Crippen molar-refractivity contribution in [1.29, 1.82) is 0 Å². The smallest absolute Gasteiger partial charge is 0.303 e. The minimum Gasteiger partial charge on any atom is -0.303 e. The van der Waals surface area contributed by atoms with E-state index in [2.05, 4.69) is 40.7 Å². The molecule has 5 atom stereocenters. The van der Waals surface area contributed by atoms with E-state index in [1.165, 1.54) is 12.5 Å². The molecule has 0 fully saturated rings. The molecule has 0 spiro atoms. The summed E-state index contributed by atoms with van der Waals surface area (Å²) in [6.07, 6.45) is 0. The van der Waals surface area contributed by atoms with Gasteiger partial charge in [0, 0.05) is 12.5 Å². The molecule has 0 aliphatic rings. The van der Waals surface area contributed by atoms with Crippen LogP contribution in [0.5, 0.6) is 0 Å². The molecule has 0 rings (SSSR count). The second-order valence-corrected chi connectivity index (χ2v) is 13.6. The number of phosphoric acid groups is 5. The zero-order valence-corrected chi connectivity index (χ0v) is 24.6. The van der Waals surface area contributed by atoms with Gasteiger partial charge in [-0.2, -0.15) is 5.54 Å². The Labute approximate surface area is 221 Å². The Balaban J connectivity index is 4.23. The molecule has 0 saturated heterocycles. The van der Waals surface area contributed by atoms with Gasteiger partial charge in [0.15, 0.2) is 0 Å². The van der Waals surface area contributed by atoms with Crippen molar-refractivity contribution in [3.05, 3.63) is 0 Å². The molecule has 0 heterocycles. The first-order chi connectivity index (χ1) is 17.8. The molecule has 236 valence electrons. The maximum Gasteiger partial charge on any atom is 0.472 e. The highest BCUT2D eigenvalue weighted by Gasteiger charge is 2.28. The molecule has 0 radical (unpaired) electrons. The summed E-state index contributed by atoms with van der Waals surface area (Å²) in [4.78, 5) is 54.9. The summed E-state index contributed by atoms with van der Waals surface area (Å²) >= 11 is 0. The predicted molar refractivity (Wildman–Crippen MR) is 123 cm³/mol. The van der Waals surface area contributed by atoms with E-state index >= 15 is 0 Å². The Bertz CT molecular complexity index is 933. The van der Waals surface area contributed by atoms with Crippen LogP contribution in [0.15, 0.2) is 0 Å². The Morgan fingerprint density at radius 2 is 0.872 bits per heavy atom. The fourth-order valence-corrected chi connectivity index (χ4v) is 5.17. The lowest BCUT2D eigenvalue weighted by Crippen LogP contribution is -2.25. The molecule has 27 heteroatoms. The van der Waals surface area contributed by atoms with Crippen LogP contribution >= 0.6 is 39.1 Å². The monoisotopic (exact) mass is 683 g/mol. The molecule has 0 aliphatic carbocycles. The van der Waals surface area contributed by atoms with Crippen LogP contribution in [0, 0.1) is 5.92 Å². The molecule has 0 saturated carbocycles. The van der Waals surface area contributed by atoms with E-state index in [4.69, 9.17) is 14.7 Å². The van der Waals surface area contributed by atoms with Gasteiger partial charge >= 0.3 is 39.1 Å². The van der Waals surface area contributed by atoms with E-state index in [0.717, 1.165) is 0 Å². The zero-order chi connectivity index (χ0) is 30.2. The average Bonchev–Trinajstić information content (AvgIpc) is 2.79. The molecule has 39 heavy (non-hydrogen) atoms. The van der Waals surface area contributed by atoms with Crippen molar-refractivity contribution in [2.45, 2.75) is 6.92 Å². The molecule has 0 aliphatic heterocycles. The van der Waals surface area contributed by atoms with E-state index in [9.17, 15) is 42.0 Å². The molecule has 0 aromatic heterocycles. The highest BCUT2D eigenvalue weighted by Crippen LogP contribution is 2.47. The SMILES string of the molecule is CCOP(=O)(O)OCCOP(=O)(O)OCCOP(=O)(O)OCCOP(=O)(O)OCC(CNF)COP(=O)(O)O. The summed E-state index contributed by atoms with van der Waals surface area (Å²) in [5, 5.41) is 0. The summed E-state index contributed by atoms with van der Waals surface area (Å²) in [6.45, 7) is -5.11. The lowest BCUT2D eigenvalue weighted by Gasteiger charge is -2.18. The Morgan fingerprint density at radius 1 is 0.564 bits per heavy atom. The van der Waals surface area contributed by atoms with E-state index < -0.39 is 104 Å². The summed E-state index contributed by atoms with van der Waals surface area (Å²) < 4.78 is 109. The second-order valence-electron chi connectivity index (χ2n) is 6.58. The van der Waals surface area contributed by atoms with Crippen LogP contribution in [0.4, 0.5) is 4.48 Å². The number of hydrogen-bond acceptors (Lipinski definition) is 15. The number of halogens is 1. The first-order valence-corrected chi connectivity index (χ1v) is 17.8. The van der Waals surface area contributed by atoms with Gasteiger partial charge in [-0.15, -0.1) is 4.48 Å². The van der Waals surface area contributed by atoms with Crippen molar-refractivity contribution in [2.75, 3.05) is 66.0 Å². The van der Waals surface area contributed by atoms with Gasteiger partial charge in [0.05, 0.1) is 59.5 Å². The van der Waals surface area contributed by atoms with Crippen LogP contribution in [0.3, 0.4) is 0 Å². The number of hydrogen-bond donors (Lipinski definition) is 7. The topological polar surface area (TPSA) is 302 Å². The summed E-state index contributed by atoms with van der Waals surface area (Å²) in [6, 6.07) is 0. The van der Waals surface area contributed by atoms with Crippen LogP contribution in [-0.2, 0) is 63.5 Å². The van der Waals surface area contributed by atoms with Crippen LogP contribution in [0.2, 0.25) is 0 Å². The van der Waals surface area contributed by atoms with Gasteiger partial charge < -0.3 is 29.4 Å². The summed E-state index contributed by atoms with van der Waals surface area (Å²) in [7, 11) is -23.5. The van der Waals surface area contributed by atoms with Crippen molar-refractivity contribution in [2.24, 2.45) is 5.92 Å². The lowest BCUT2D eigenvalue weighted by atomic mass is 10.2. The second kappa shape index (κ2) is 18.9. The molecule has 0 aromatic carbocycles. The molecule has 5 unspecified atom stereocenters. The van der Waals surface area contributed by atoms with Crippen molar-refractivity contribution < 1.29 is 97.4 Å². The van der Waals surface area contributed by atoms with Gasteiger partial charge in [0.25, 0.3) is 0 Å². The predicted octanol–water partition coefficient (Wildman–Crippen LogP) is 0.740. The van der Waals surface area contributed by atoms with Gasteiger partial charge in [0.1, 0.15) is 0 Å². The number of phosphoric ester groups is 5. The first kappa shape index (κ1) is 39.4. The molecule has 7 N–H and O–H groups in total. The van der Waals surface area contributed by atoms with E-state index in [-0.39, 0.29) is 6.61 Å². The van der Waals surface area contributed by atoms with Gasteiger partial charge in [-0.05, 0) is 6.92 Å². The van der Waals surface area contributed by atoms with E-state index in [0.29, 0.717) is 0 Å². The van der Waals surface area contributed by atoms with Crippen molar-refractivity contribution in [1.82, 2.24) is 5.54 Å². The summed E-state index contributed by atoms with van der Waals surface area (Å²) in [5.41, 5.74) is 1.17. The highest BCUT2D eigenvalue weighted by atomic mass is 31.2. The van der Waals surface area contributed by atoms with Crippen molar-refractivity contribution >= 4 is 39.1 Å². The molecule has 0 aromatic rings. The normalized spacial score (nSPS) is 19.5. The van der Waals surface area contributed by atoms with Crippen LogP contribution in [0.1, 0.15) is 6.92 Å². The van der Waals surface area contributed by atoms with Gasteiger partial charge in [0.2, 0.25) is 0 Å². The van der Waals surface area contributed by atoms with Crippen LogP contribution < -0.4 is 5.54 Å². The largest absolute Gasteiger partial charge is 0.472 e. The maximum atomic E-state index is 12.3. The minimum atomic E-state index is -4.89. The van der Waals surface area contributed by atoms with Crippen LogP contribution in [0.25, 0.3) is 0 Å². The minimum absolute atomic E-state index is 0.124. The fraction of sp³-hybridized carbons (Fsp3) is 1.00. The van der Waals surface area contributed by atoms with E-state index in [1.54, 1.807) is 0 Å². The highest BCUT2D eigenvalue weighted by molar-refractivity contribution is 7.48. The van der Waals surface area contributed by atoms with Crippen molar-refractivity contribution in [3.8, 4) is 0 Å². The lowest BCUT2D eigenvalue weighted by molar-refractivity contribution is 0.0734. The van der Waals surface area contributed by atoms with Gasteiger partial charge in [-0.3, -0.25) is 40.7 Å². The molecular formula is C12H31FNO20P5. The number of nitrogens with one attached hydrogen (secondary N) is 1. The standard InChI is InChI=1S/C12H31FNO20P5/c1-2-26-36(18,19)27-3-4-28-37(20,21)29-5-6-30-38(22,23)31-7-8-32-39(24,25)34-11-12(9-14-13)10-33-35(15,16)17/h12,14H,2-11H2,1H3,(H,18,19)(H,20,21)(H,22,23)(H,24,25)(H2,15,16,17). The molecular weight excluding hydrogens is 652 g/mol. The molecule has 0 amide bonds. The number of rotatable bonds is 25. The van der Waals surface area contributed by atoms with Crippen LogP contribution in [-0.4, -0.2) is 95.4 Å². The molecule has 0 bridgehead atoms. The quantitative estimate of drug-likeness (QED) is 0.0396. The average molecular weight is 683 g/mol. The third-order valence-electron chi connectivity index (χ3n) is 3.39.